The third kappa shape index (κ3) is 5.39. The number of nitrogens with one attached hydrogen (secondary N) is 2. The number of hydrazine groups is 1. The standard InChI is InChI=1S/C18H28Cl2N12/c19-13-3-25-4-14(20)15(13)29-30-16-26-17(31-5-9(21)1-10(22)6-31)28-18(27-16)32-7-11(23)2-12(24)8-32/h3-4,9-12H,1-2,5-8,21-24H2,(H,25,29)(H,26,27,28,30). The highest BCUT2D eigenvalue weighted by atomic mass is 35.5. The van der Waals surface area contributed by atoms with Crippen molar-refractivity contribution in [3.8, 4) is 0 Å². The molecule has 2 aromatic rings. The molecule has 0 amide bonds. The largest absolute Gasteiger partial charge is 0.338 e. The van der Waals surface area contributed by atoms with Crippen LogP contribution in [0.4, 0.5) is 23.5 Å². The van der Waals surface area contributed by atoms with Gasteiger partial charge in [-0.3, -0.25) is 15.8 Å². The maximum absolute atomic E-state index is 6.19. The highest BCUT2D eigenvalue weighted by molar-refractivity contribution is 6.38. The molecule has 2 fully saturated rings. The molecule has 0 aliphatic carbocycles. The summed E-state index contributed by atoms with van der Waals surface area (Å²) in [6.07, 6.45) is 4.45. The van der Waals surface area contributed by atoms with Crippen molar-refractivity contribution in [2.45, 2.75) is 37.0 Å². The molecule has 4 heterocycles. The fourth-order valence-corrected chi connectivity index (χ4v) is 4.48. The van der Waals surface area contributed by atoms with Gasteiger partial charge in [0.1, 0.15) is 0 Å². The summed E-state index contributed by atoms with van der Waals surface area (Å²) in [6, 6.07) is -0.279. The van der Waals surface area contributed by atoms with E-state index in [-0.39, 0.29) is 30.1 Å². The van der Waals surface area contributed by atoms with Gasteiger partial charge in [-0.25, -0.2) is 0 Å². The third-order valence-corrected chi connectivity index (χ3v) is 5.93. The molecular formula is C18H28Cl2N12. The van der Waals surface area contributed by atoms with Crippen molar-refractivity contribution in [2.24, 2.45) is 22.9 Å². The number of piperidine rings is 2. The van der Waals surface area contributed by atoms with Crippen LogP contribution in [-0.2, 0) is 0 Å². The molecule has 32 heavy (non-hydrogen) atoms. The van der Waals surface area contributed by atoms with Crippen molar-refractivity contribution in [1.29, 1.82) is 0 Å². The number of pyridine rings is 1. The van der Waals surface area contributed by atoms with E-state index in [9.17, 15) is 0 Å². The zero-order chi connectivity index (χ0) is 22.8. The Morgan fingerprint density at radius 1 is 0.719 bits per heavy atom. The van der Waals surface area contributed by atoms with Crippen molar-refractivity contribution >= 4 is 46.7 Å². The lowest BCUT2D eigenvalue weighted by molar-refractivity contribution is 0.441. The van der Waals surface area contributed by atoms with Crippen LogP contribution in [-0.4, -0.2) is 70.3 Å². The molecule has 4 rings (SSSR count). The van der Waals surface area contributed by atoms with E-state index in [1.807, 2.05) is 9.80 Å². The molecule has 0 saturated carbocycles. The van der Waals surface area contributed by atoms with Gasteiger partial charge in [0, 0.05) is 62.7 Å². The van der Waals surface area contributed by atoms with Crippen molar-refractivity contribution in [1.82, 2.24) is 19.9 Å². The van der Waals surface area contributed by atoms with Crippen molar-refractivity contribution in [3.05, 3.63) is 22.4 Å². The third-order valence-electron chi connectivity index (χ3n) is 5.36. The minimum absolute atomic E-state index is 0.0697. The maximum atomic E-state index is 6.19. The van der Waals surface area contributed by atoms with Gasteiger partial charge >= 0.3 is 0 Å². The minimum atomic E-state index is -0.0697. The molecule has 0 spiro atoms. The van der Waals surface area contributed by atoms with Gasteiger partial charge in [-0.15, -0.1) is 0 Å². The second kappa shape index (κ2) is 9.73. The molecule has 2 aliphatic rings. The van der Waals surface area contributed by atoms with E-state index in [4.69, 9.17) is 46.1 Å². The van der Waals surface area contributed by atoms with E-state index in [1.165, 1.54) is 12.4 Å². The lowest BCUT2D eigenvalue weighted by Gasteiger charge is -2.37. The number of nitrogens with two attached hydrogens (primary N) is 4. The van der Waals surface area contributed by atoms with Gasteiger partial charge in [-0.1, -0.05) is 23.2 Å². The average Bonchev–Trinajstić information content (AvgIpc) is 2.72. The fourth-order valence-electron chi connectivity index (χ4n) is 4.03. The number of rotatable bonds is 5. The lowest BCUT2D eigenvalue weighted by Crippen LogP contribution is -2.54. The van der Waals surface area contributed by atoms with Gasteiger partial charge < -0.3 is 32.7 Å². The first kappa shape index (κ1) is 23.0. The Bertz CT molecular complexity index is 862. The van der Waals surface area contributed by atoms with E-state index >= 15 is 0 Å². The molecule has 2 saturated heterocycles. The Hall–Kier alpha value is -2.22. The Balaban J connectivity index is 1.64. The topological polar surface area (TPSA) is 186 Å². The summed E-state index contributed by atoms with van der Waals surface area (Å²) in [5, 5.41) is 0.695. The van der Waals surface area contributed by atoms with Crippen LogP contribution < -0.4 is 43.6 Å². The number of halogens is 2. The summed E-state index contributed by atoms with van der Waals surface area (Å²) in [6.45, 7) is 2.35. The molecule has 4 unspecified atom stereocenters. The van der Waals surface area contributed by atoms with Crippen LogP contribution in [0.1, 0.15) is 12.8 Å². The monoisotopic (exact) mass is 482 g/mol. The molecule has 0 aromatic carbocycles. The van der Waals surface area contributed by atoms with E-state index in [0.29, 0.717) is 53.8 Å². The summed E-state index contributed by atoms with van der Waals surface area (Å²) in [4.78, 5) is 21.7. The van der Waals surface area contributed by atoms with Crippen LogP contribution in [0.15, 0.2) is 12.4 Å². The Morgan fingerprint density at radius 3 is 1.59 bits per heavy atom. The van der Waals surface area contributed by atoms with Gasteiger partial charge in [0.2, 0.25) is 17.8 Å². The molecular weight excluding hydrogens is 455 g/mol. The summed E-state index contributed by atoms with van der Waals surface area (Å²) >= 11 is 12.4. The van der Waals surface area contributed by atoms with Crippen LogP contribution in [0.2, 0.25) is 10.0 Å². The van der Waals surface area contributed by atoms with Crippen molar-refractivity contribution in [2.75, 3.05) is 46.8 Å². The molecule has 10 N–H and O–H groups in total. The Labute approximate surface area is 196 Å². The number of anilines is 4. The van der Waals surface area contributed by atoms with Crippen LogP contribution in [0, 0.1) is 0 Å². The van der Waals surface area contributed by atoms with E-state index in [2.05, 4.69) is 30.8 Å². The number of aromatic nitrogens is 4. The highest BCUT2D eigenvalue weighted by Crippen LogP contribution is 2.29. The molecule has 0 bridgehead atoms. The smallest absolute Gasteiger partial charge is 0.248 e. The van der Waals surface area contributed by atoms with Gasteiger partial charge in [0.25, 0.3) is 0 Å². The molecule has 2 aliphatic heterocycles. The molecule has 174 valence electrons. The van der Waals surface area contributed by atoms with E-state index in [0.717, 1.165) is 12.8 Å². The molecule has 12 nitrogen and oxygen atoms in total. The van der Waals surface area contributed by atoms with Crippen molar-refractivity contribution in [3.63, 3.8) is 0 Å². The summed E-state index contributed by atoms with van der Waals surface area (Å²) in [7, 11) is 0. The molecule has 0 radical (unpaired) electrons. The lowest BCUT2D eigenvalue weighted by atomic mass is 10.0. The minimum Gasteiger partial charge on any atom is -0.338 e. The molecule has 2 aromatic heterocycles. The van der Waals surface area contributed by atoms with Crippen LogP contribution >= 0.6 is 23.2 Å². The number of hydrogen-bond acceptors (Lipinski definition) is 12. The van der Waals surface area contributed by atoms with Gasteiger partial charge in [-0.2, -0.15) is 15.0 Å². The number of nitrogens with zero attached hydrogens (tertiary/aromatic N) is 6. The predicted octanol–water partition coefficient (Wildman–Crippen LogP) is -0.258. The van der Waals surface area contributed by atoms with E-state index < -0.39 is 0 Å². The SMILES string of the molecule is NC1CC(N)CN(c2nc(NNc3c(Cl)cncc3Cl)nc(N3CC(N)CC(N)C3)n2)C1. The molecule has 14 heteroatoms. The number of hydrogen-bond donors (Lipinski definition) is 6. The summed E-state index contributed by atoms with van der Waals surface area (Å²) in [5.41, 5.74) is 31.1. The van der Waals surface area contributed by atoms with E-state index in [1.54, 1.807) is 0 Å². The zero-order valence-corrected chi connectivity index (χ0v) is 19.0. The van der Waals surface area contributed by atoms with Gasteiger partial charge in [0.15, 0.2) is 0 Å². The maximum Gasteiger partial charge on any atom is 0.248 e. The molecule has 4 atom stereocenters. The second-order valence-electron chi connectivity index (χ2n) is 8.31. The Kier molecular flexibility index (Phi) is 6.98. The van der Waals surface area contributed by atoms with Crippen LogP contribution in [0.3, 0.4) is 0 Å². The van der Waals surface area contributed by atoms with Gasteiger partial charge in [-0.05, 0) is 12.8 Å². The predicted molar refractivity (Wildman–Crippen MR) is 127 cm³/mol. The van der Waals surface area contributed by atoms with Crippen LogP contribution in [0.25, 0.3) is 0 Å². The van der Waals surface area contributed by atoms with Gasteiger partial charge in [0.05, 0.1) is 15.7 Å². The second-order valence-corrected chi connectivity index (χ2v) is 9.12. The summed E-state index contributed by atoms with van der Waals surface area (Å²) in [5.74, 6) is 1.20. The first-order chi connectivity index (χ1) is 15.3. The Morgan fingerprint density at radius 2 is 1.16 bits per heavy atom. The first-order valence-corrected chi connectivity index (χ1v) is 11.1. The normalized spacial score (nSPS) is 26.2. The first-order valence-electron chi connectivity index (χ1n) is 10.4. The fraction of sp³-hybridized carbons (Fsp3) is 0.556. The summed E-state index contributed by atoms with van der Waals surface area (Å²) < 4.78 is 0. The highest BCUT2D eigenvalue weighted by Gasteiger charge is 2.28. The van der Waals surface area contributed by atoms with Crippen molar-refractivity contribution < 1.29 is 0 Å². The zero-order valence-electron chi connectivity index (χ0n) is 17.5. The quantitative estimate of drug-likeness (QED) is 0.307. The average molecular weight is 483 g/mol. The van der Waals surface area contributed by atoms with Crippen LogP contribution in [0.5, 0.6) is 0 Å².